The minimum Gasteiger partial charge on any atom is -0.477 e. The molecule has 1 unspecified atom stereocenters. The predicted octanol–water partition coefficient (Wildman–Crippen LogP) is 5.30. The summed E-state index contributed by atoms with van der Waals surface area (Å²) in [5.41, 5.74) is 1.13. The molecule has 1 aliphatic heterocycles. The van der Waals surface area contributed by atoms with Crippen molar-refractivity contribution in [2.45, 2.75) is 76.6 Å². The summed E-state index contributed by atoms with van der Waals surface area (Å²) < 4.78 is 7.09. The van der Waals surface area contributed by atoms with Crippen molar-refractivity contribution in [1.29, 1.82) is 0 Å². The number of carbonyl (C=O) groups excluding carboxylic acids is 3. The second-order valence-corrected chi connectivity index (χ2v) is 12.9. The molecule has 1 aromatic heterocycles. The number of likely N-dealkylation sites (N-methyl/N-ethyl adjacent to an activating group) is 1. The van der Waals surface area contributed by atoms with E-state index in [4.69, 9.17) is 4.74 Å². The normalized spacial score (nSPS) is 23.7. The largest absolute Gasteiger partial charge is 0.477 e. The number of carboxylic acids is 1. The molecule has 3 amide bonds. The van der Waals surface area contributed by atoms with Gasteiger partial charge in [0.15, 0.2) is 0 Å². The van der Waals surface area contributed by atoms with Crippen LogP contribution in [-0.2, 0) is 14.3 Å². The first kappa shape index (κ1) is 31.1. The van der Waals surface area contributed by atoms with E-state index in [1.54, 1.807) is 22.6 Å². The summed E-state index contributed by atoms with van der Waals surface area (Å²) in [6, 6.07) is 17.9. The van der Waals surface area contributed by atoms with Crippen molar-refractivity contribution in [3.63, 3.8) is 0 Å². The molecule has 234 valence electrons. The number of carboxylic acid groups (broad SMARTS) is 1. The second-order valence-electron chi connectivity index (χ2n) is 12.9. The molecular formula is C34H42N4O6. The molecule has 3 atom stereocenters. The van der Waals surface area contributed by atoms with Crippen molar-refractivity contribution < 1.29 is 29.0 Å². The van der Waals surface area contributed by atoms with Gasteiger partial charge < -0.3 is 29.9 Å². The number of rotatable bonds is 7. The lowest BCUT2D eigenvalue weighted by Crippen LogP contribution is -2.51. The summed E-state index contributed by atoms with van der Waals surface area (Å²) in [5.74, 6) is -1.96. The molecule has 10 nitrogen and oxygen atoms in total. The highest BCUT2D eigenvalue weighted by Crippen LogP contribution is 2.46. The average Bonchev–Trinajstić information content (AvgIpc) is 3.58. The number of nitrogens with one attached hydrogen (secondary N) is 2. The van der Waals surface area contributed by atoms with Gasteiger partial charge in [0.25, 0.3) is 0 Å². The first-order valence-electron chi connectivity index (χ1n) is 15.4. The number of hydrogen-bond donors (Lipinski definition) is 3. The summed E-state index contributed by atoms with van der Waals surface area (Å²) in [7, 11) is 1.57. The number of fused-ring (bicyclic) bond motifs is 1. The van der Waals surface area contributed by atoms with Crippen molar-refractivity contribution in [2.24, 2.45) is 11.8 Å². The fourth-order valence-electron chi connectivity index (χ4n) is 6.87. The van der Waals surface area contributed by atoms with Gasteiger partial charge in [0, 0.05) is 30.8 Å². The molecule has 1 saturated carbocycles. The first-order chi connectivity index (χ1) is 21.0. The van der Waals surface area contributed by atoms with Gasteiger partial charge in [-0.3, -0.25) is 9.59 Å². The standard InChI is InChI=1S/C34H42N4O6/c1-34(2,3)44-33(43)36-20-21-14-16-23(17-15-21)31(40)38-28(37-26-13-9-8-12-24(26)18-27(37)32(41)42)19-25(29(38)30(39)35-4)22-10-6-5-7-11-22/h5-13,18,21,23,25,28-29H,14-17,19-20H2,1-4H3,(H,35,39)(H,36,43)(H,41,42)/t21?,23?,25-,28?,29-/m0/s1. The molecule has 5 rings (SSSR count). The zero-order valence-electron chi connectivity index (χ0n) is 25.8. The highest BCUT2D eigenvalue weighted by atomic mass is 16.6. The van der Waals surface area contributed by atoms with Crippen LogP contribution >= 0.6 is 0 Å². The molecule has 0 bridgehead atoms. The minimum absolute atomic E-state index is 0.0790. The van der Waals surface area contributed by atoms with Crippen molar-refractivity contribution in [1.82, 2.24) is 20.1 Å². The Hall–Kier alpha value is -4.34. The maximum Gasteiger partial charge on any atom is 0.407 e. The van der Waals surface area contributed by atoms with E-state index in [1.165, 1.54) is 0 Å². The third-order valence-corrected chi connectivity index (χ3v) is 8.86. The lowest BCUT2D eigenvalue weighted by Gasteiger charge is -2.37. The fraction of sp³-hybridized carbons (Fsp3) is 0.471. The molecular weight excluding hydrogens is 560 g/mol. The van der Waals surface area contributed by atoms with Crippen LogP contribution in [0.1, 0.15) is 81.0 Å². The Bertz CT molecular complexity index is 1520. The summed E-state index contributed by atoms with van der Waals surface area (Å²) >= 11 is 0. The van der Waals surface area contributed by atoms with Gasteiger partial charge in [0.1, 0.15) is 23.5 Å². The number of aromatic nitrogens is 1. The van der Waals surface area contributed by atoms with E-state index in [1.807, 2.05) is 75.4 Å². The number of ether oxygens (including phenoxy) is 1. The van der Waals surface area contributed by atoms with Crippen LogP contribution < -0.4 is 10.6 Å². The lowest BCUT2D eigenvalue weighted by atomic mass is 9.81. The monoisotopic (exact) mass is 602 g/mol. The molecule has 2 fully saturated rings. The number of likely N-dealkylation sites (tertiary alicyclic amines) is 1. The van der Waals surface area contributed by atoms with Crippen molar-refractivity contribution in [3.05, 3.63) is 71.9 Å². The van der Waals surface area contributed by atoms with Crippen LogP contribution in [0.2, 0.25) is 0 Å². The molecule has 3 N–H and O–H groups in total. The van der Waals surface area contributed by atoms with Gasteiger partial charge in [-0.25, -0.2) is 9.59 Å². The predicted molar refractivity (Wildman–Crippen MR) is 166 cm³/mol. The number of aromatic carboxylic acids is 1. The van der Waals surface area contributed by atoms with Gasteiger partial charge in [0.05, 0.1) is 5.52 Å². The highest BCUT2D eigenvalue weighted by molar-refractivity contribution is 5.95. The van der Waals surface area contributed by atoms with Crippen LogP contribution in [0, 0.1) is 11.8 Å². The summed E-state index contributed by atoms with van der Waals surface area (Å²) in [6.07, 6.45) is 1.96. The average molecular weight is 603 g/mol. The highest BCUT2D eigenvalue weighted by Gasteiger charge is 2.51. The van der Waals surface area contributed by atoms with Crippen LogP contribution in [0.4, 0.5) is 4.79 Å². The number of alkyl carbamates (subject to hydrolysis) is 1. The van der Waals surface area contributed by atoms with Crippen molar-refractivity contribution in [2.75, 3.05) is 13.6 Å². The van der Waals surface area contributed by atoms with Crippen molar-refractivity contribution >= 4 is 34.8 Å². The summed E-state index contributed by atoms with van der Waals surface area (Å²) in [6.45, 7) is 5.93. The summed E-state index contributed by atoms with van der Waals surface area (Å²) in [5, 5.41) is 16.6. The molecule has 0 spiro atoms. The van der Waals surface area contributed by atoms with Gasteiger partial charge >= 0.3 is 12.1 Å². The molecule has 1 aliphatic carbocycles. The van der Waals surface area contributed by atoms with E-state index in [9.17, 15) is 24.3 Å². The maximum atomic E-state index is 14.6. The zero-order chi connectivity index (χ0) is 31.6. The lowest BCUT2D eigenvalue weighted by molar-refractivity contribution is -0.146. The van der Waals surface area contributed by atoms with E-state index >= 15 is 0 Å². The van der Waals surface area contributed by atoms with Crippen LogP contribution in [0.3, 0.4) is 0 Å². The Balaban J connectivity index is 1.46. The van der Waals surface area contributed by atoms with Crippen LogP contribution in [-0.4, -0.2) is 63.7 Å². The topological polar surface area (TPSA) is 130 Å². The molecule has 44 heavy (non-hydrogen) atoms. The Morgan fingerprint density at radius 3 is 2.25 bits per heavy atom. The van der Waals surface area contributed by atoms with Crippen LogP contribution in [0.25, 0.3) is 10.9 Å². The van der Waals surface area contributed by atoms with E-state index < -0.39 is 29.9 Å². The Labute approximate surface area is 257 Å². The maximum absolute atomic E-state index is 14.6. The number of para-hydroxylation sites is 1. The molecule has 2 heterocycles. The third-order valence-electron chi connectivity index (χ3n) is 8.86. The second kappa shape index (κ2) is 12.7. The van der Waals surface area contributed by atoms with Gasteiger partial charge in [-0.1, -0.05) is 48.5 Å². The number of amides is 3. The molecule has 2 aromatic carbocycles. The van der Waals surface area contributed by atoms with Gasteiger partial charge in [-0.05, 0) is 76.5 Å². The van der Waals surface area contributed by atoms with E-state index in [2.05, 4.69) is 10.6 Å². The van der Waals surface area contributed by atoms with E-state index in [0.717, 1.165) is 23.8 Å². The minimum atomic E-state index is -1.09. The smallest absolute Gasteiger partial charge is 0.407 e. The number of benzene rings is 2. The van der Waals surface area contributed by atoms with E-state index in [-0.39, 0.29) is 35.3 Å². The fourth-order valence-corrected chi connectivity index (χ4v) is 6.87. The number of hydrogen-bond acceptors (Lipinski definition) is 5. The zero-order valence-corrected chi connectivity index (χ0v) is 25.8. The number of nitrogens with zero attached hydrogens (tertiary/aromatic N) is 2. The Morgan fingerprint density at radius 1 is 0.955 bits per heavy atom. The molecule has 2 aliphatic rings. The number of carbonyl (C=O) groups is 4. The van der Waals surface area contributed by atoms with Crippen LogP contribution in [0.15, 0.2) is 60.7 Å². The van der Waals surface area contributed by atoms with Gasteiger partial charge in [-0.15, -0.1) is 0 Å². The third kappa shape index (κ3) is 6.44. The molecule has 10 heteroatoms. The Morgan fingerprint density at radius 2 is 1.61 bits per heavy atom. The first-order valence-corrected chi connectivity index (χ1v) is 15.4. The SMILES string of the molecule is CNC(=O)[C@@H]1[C@H](c2ccccc2)CC(n2c(C(=O)O)cc3ccccc32)N1C(=O)C1CCC(CNC(=O)OC(C)(C)C)CC1. The van der Waals surface area contributed by atoms with E-state index in [0.29, 0.717) is 31.3 Å². The molecule has 1 saturated heterocycles. The quantitative estimate of drug-likeness (QED) is 0.337. The molecule has 3 aromatic rings. The Kier molecular flexibility index (Phi) is 8.99. The van der Waals surface area contributed by atoms with Gasteiger partial charge in [0.2, 0.25) is 11.8 Å². The van der Waals surface area contributed by atoms with Gasteiger partial charge in [-0.2, -0.15) is 0 Å². The molecule has 0 radical (unpaired) electrons. The summed E-state index contributed by atoms with van der Waals surface area (Å²) in [4.78, 5) is 54.5. The van der Waals surface area contributed by atoms with Crippen molar-refractivity contribution in [3.8, 4) is 0 Å². The van der Waals surface area contributed by atoms with Crippen LogP contribution in [0.5, 0.6) is 0 Å².